The van der Waals surface area contributed by atoms with Gasteiger partial charge in [0.2, 0.25) is 0 Å². The molecule has 0 fully saturated rings. The van der Waals surface area contributed by atoms with Gasteiger partial charge in [-0.2, -0.15) is 11.8 Å². The number of aliphatic hydroxyl groups is 1. The number of hydrogen-bond donors (Lipinski definition) is 3. The zero-order valence-corrected chi connectivity index (χ0v) is 11.2. The Kier molecular flexibility index (Phi) is 5.43. The quantitative estimate of drug-likeness (QED) is 0.769. The van der Waals surface area contributed by atoms with E-state index in [0.717, 1.165) is 0 Å². The van der Waals surface area contributed by atoms with Gasteiger partial charge in [0.25, 0.3) is 0 Å². The maximum atomic E-state index is 13.2. The second-order valence-corrected chi connectivity index (χ2v) is 5.08. The normalized spacial score (nSPS) is 13.8. The second kappa shape index (κ2) is 6.61. The van der Waals surface area contributed by atoms with Crippen LogP contribution in [0.4, 0.5) is 14.9 Å². The largest absolute Gasteiger partial charge is 0.387 e. The molecule has 18 heavy (non-hydrogen) atoms. The summed E-state index contributed by atoms with van der Waals surface area (Å²) in [6.45, 7) is 1.74. The predicted molar refractivity (Wildman–Crippen MR) is 72.4 cm³/mol. The number of hydrogen-bond acceptors (Lipinski definition) is 3. The van der Waals surface area contributed by atoms with Gasteiger partial charge in [0.1, 0.15) is 5.82 Å². The summed E-state index contributed by atoms with van der Waals surface area (Å²) in [5.74, 6) is 0.0102. The van der Waals surface area contributed by atoms with Crippen molar-refractivity contribution in [2.45, 2.75) is 12.5 Å². The number of amides is 2. The molecular weight excluding hydrogens is 255 g/mol. The van der Waals surface area contributed by atoms with Gasteiger partial charge in [-0.3, -0.25) is 0 Å². The van der Waals surface area contributed by atoms with Gasteiger partial charge >= 0.3 is 6.03 Å². The fourth-order valence-corrected chi connectivity index (χ4v) is 2.09. The number of thioether (sulfide) groups is 1. The molecule has 2 amide bonds. The number of carbonyl (C=O) groups is 1. The van der Waals surface area contributed by atoms with Crippen LogP contribution in [-0.2, 0) is 0 Å². The van der Waals surface area contributed by atoms with E-state index in [-0.39, 0.29) is 12.2 Å². The SMILES string of the molecule is CSCC(C)(O)CNC(=O)Nc1ccccc1F. The van der Waals surface area contributed by atoms with Gasteiger partial charge in [-0.25, -0.2) is 9.18 Å². The molecule has 1 atom stereocenters. The number of rotatable bonds is 5. The van der Waals surface area contributed by atoms with Crippen molar-refractivity contribution in [1.82, 2.24) is 5.32 Å². The van der Waals surface area contributed by atoms with E-state index in [9.17, 15) is 14.3 Å². The van der Waals surface area contributed by atoms with Crippen molar-refractivity contribution < 1.29 is 14.3 Å². The minimum atomic E-state index is -0.980. The summed E-state index contributed by atoms with van der Waals surface area (Å²) in [7, 11) is 0. The summed E-state index contributed by atoms with van der Waals surface area (Å²) in [6, 6.07) is 5.36. The van der Waals surface area contributed by atoms with Crippen molar-refractivity contribution in [2.75, 3.05) is 23.9 Å². The van der Waals surface area contributed by atoms with E-state index < -0.39 is 17.4 Å². The molecule has 1 aromatic rings. The molecule has 3 N–H and O–H groups in total. The van der Waals surface area contributed by atoms with Gasteiger partial charge in [-0.15, -0.1) is 0 Å². The summed E-state index contributed by atoms with van der Waals surface area (Å²) in [5.41, 5.74) is -0.870. The number of urea groups is 1. The van der Waals surface area contributed by atoms with Crippen LogP contribution in [0.2, 0.25) is 0 Å². The van der Waals surface area contributed by atoms with Gasteiger partial charge in [0.15, 0.2) is 0 Å². The topological polar surface area (TPSA) is 61.4 Å². The van der Waals surface area contributed by atoms with E-state index in [4.69, 9.17) is 0 Å². The summed E-state index contributed by atoms with van der Waals surface area (Å²) in [6.07, 6.45) is 1.87. The van der Waals surface area contributed by atoms with Crippen molar-refractivity contribution in [3.05, 3.63) is 30.1 Å². The maximum absolute atomic E-state index is 13.2. The standard InChI is InChI=1S/C12H17FN2O2S/c1-12(17,8-18-2)7-14-11(16)15-10-6-4-3-5-9(10)13/h3-6,17H,7-8H2,1-2H3,(H2,14,15,16). The minimum absolute atomic E-state index is 0.105. The van der Waals surface area contributed by atoms with Gasteiger partial charge < -0.3 is 15.7 Å². The monoisotopic (exact) mass is 272 g/mol. The first-order valence-corrected chi connectivity index (χ1v) is 6.85. The van der Waals surface area contributed by atoms with Crippen LogP contribution < -0.4 is 10.6 Å². The van der Waals surface area contributed by atoms with Crippen LogP contribution in [-0.4, -0.2) is 35.3 Å². The third kappa shape index (κ3) is 4.93. The molecule has 100 valence electrons. The molecule has 0 radical (unpaired) electrons. The lowest BCUT2D eigenvalue weighted by Gasteiger charge is -2.22. The van der Waals surface area contributed by atoms with E-state index >= 15 is 0 Å². The Morgan fingerprint density at radius 1 is 1.50 bits per heavy atom. The van der Waals surface area contributed by atoms with Crippen LogP contribution in [0.25, 0.3) is 0 Å². The zero-order chi connectivity index (χ0) is 13.6. The Balaban J connectivity index is 2.46. The maximum Gasteiger partial charge on any atom is 0.319 e. The number of anilines is 1. The Hall–Kier alpha value is -1.27. The van der Waals surface area contributed by atoms with Crippen LogP contribution >= 0.6 is 11.8 Å². The molecule has 0 aliphatic rings. The molecule has 0 spiro atoms. The average molecular weight is 272 g/mol. The highest BCUT2D eigenvalue weighted by Gasteiger charge is 2.20. The molecule has 0 aromatic heterocycles. The second-order valence-electron chi connectivity index (χ2n) is 4.22. The van der Waals surface area contributed by atoms with Crippen LogP contribution in [0, 0.1) is 5.82 Å². The molecule has 0 saturated carbocycles. The van der Waals surface area contributed by atoms with Crippen LogP contribution in [0.1, 0.15) is 6.92 Å². The molecule has 0 aliphatic heterocycles. The highest BCUT2D eigenvalue weighted by molar-refractivity contribution is 7.98. The Morgan fingerprint density at radius 2 is 2.17 bits per heavy atom. The van der Waals surface area contributed by atoms with E-state index in [1.165, 1.54) is 23.9 Å². The highest BCUT2D eigenvalue weighted by atomic mass is 32.2. The zero-order valence-electron chi connectivity index (χ0n) is 10.4. The molecule has 1 aromatic carbocycles. The van der Waals surface area contributed by atoms with Crippen molar-refractivity contribution in [1.29, 1.82) is 0 Å². The third-order valence-electron chi connectivity index (χ3n) is 2.21. The molecule has 6 heteroatoms. The van der Waals surface area contributed by atoms with Crippen LogP contribution in [0.3, 0.4) is 0 Å². The molecule has 0 heterocycles. The van der Waals surface area contributed by atoms with Crippen molar-refractivity contribution in [2.24, 2.45) is 0 Å². The predicted octanol–water partition coefficient (Wildman–Crippen LogP) is 2.06. The average Bonchev–Trinajstić information content (AvgIpc) is 2.30. The fourth-order valence-electron chi connectivity index (χ4n) is 1.36. The van der Waals surface area contributed by atoms with Gasteiger partial charge in [0, 0.05) is 12.3 Å². The molecule has 4 nitrogen and oxygen atoms in total. The number of nitrogens with one attached hydrogen (secondary N) is 2. The first kappa shape index (κ1) is 14.8. The van der Waals surface area contributed by atoms with E-state index in [2.05, 4.69) is 10.6 Å². The molecule has 0 aliphatic carbocycles. The van der Waals surface area contributed by atoms with E-state index in [1.807, 2.05) is 6.26 Å². The van der Waals surface area contributed by atoms with Gasteiger partial charge in [-0.05, 0) is 25.3 Å². The number of benzene rings is 1. The fraction of sp³-hybridized carbons (Fsp3) is 0.417. The van der Waals surface area contributed by atoms with Gasteiger partial charge in [0.05, 0.1) is 11.3 Å². The van der Waals surface area contributed by atoms with Gasteiger partial charge in [-0.1, -0.05) is 12.1 Å². The summed E-state index contributed by atoms with van der Waals surface area (Å²) in [4.78, 5) is 11.5. The molecule has 1 unspecified atom stereocenters. The van der Waals surface area contributed by atoms with Crippen LogP contribution in [0.15, 0.2) is 24.3 Å². The lowest BCUT2D eigenvalue weighted by Crippen LogP contribution is -2.44. The number of carbonyl (C=O) groups excluding carboxylic acids is 1. The number of para-hydroxylation sites is 1. The van der Waals surface area contributed by atoms with Crippen molar-refractivity contribution in [3.63, 3.8) is 0 Å². The molecule has 0 saturated heterocycles. The first-order valence-electron chi connectivity index (χ1n) is 5.45. The number of halogens is 1. The Morgan fingerprint density at radius 3 is 2.78 bits per heavy atom. The summed E-state index contributed by atoms with van der Waals surface area (Å²) in [5, 5.41) is 14.7. The smallest absolute Gasteiger partial charge is 0.319 e. The molecular formula is C12H17FN2O2S. The summed E-state index contributed by atoms with van der Waals surface area (Å²) >= 11 is 1.48. The molecule has 1 rings (SSSR count). The summed E-state index contributed by atoms with van der Waals surface area (Å²) < 4.78 is 13.2. The lowest BCUT2D eigenvalue weighted by molar-refractivity contribution is 0.0876. The van der Waals surface area contributed by atoms with Crippen molar-refractivity contribution in [3.8, 4) is 0 Å². The van der Waals surface area contributed by atoms with E-state index in [0.29, 0.717) is 5.75 Å². The lowest BCUT2D eigenvalue weighted by atomic mass is 10.1. The van der Waals surface area contributed by atoms with Crippen molar-refractivity contribution >= 4 is 23.5 Å². The van der Waals surface area contributed by atoms with E-state index in [1.54, 1.807) is 19.1 Å². The third-order valence-corrected chi connectivity index (χ3v) is 3.12. The minimum Gasteiger partial charge on any atom is -0.387 e. The molecule has 0 bridgehead atoms. The highest BCUT2D eigenvalue weighted by Crippen LogP contribution is 2.12. The Bertz CT molecular complexity index is 413. The first-order chi connectivity index (χ1) is 8.44. The van der Waals surface area contributed by atoms with Crippen LogP contribution in [0.5, 0.6) is 0 Å². The Labute approximate surface area is 110 Å².